The zero-order chi connectivity index (χ0) is 11.8. The highest BCUT2D eigenvalue weighted by atomic mass is 16.6. The maximum absolute atomic E-state index is 11.0. The molecule has 0 amide bonds. The molecule has 0 aromatic heterocycles. The van der Waals surface area contributed by atoms with Crippen molar-refractivity contribution in [3.8, 4) is 5.75 Å². The summed E-state index contributed by atoms with van der Waals surface area (Å²) < 4.78 is 10.9. The molecule has 1 aromatic carbocycles. The molecule has 1 aliphatic rings. The van der Waals surface area contributed by atoms with Crippen molar-refractivity contribution in [1.29, 1.82) is 0 Å². The normalized spacial score (nSPS) is 16.8. The van der Waals surface area contributed by atoms with Gasteiger partial charge < -0.3 is 9.47 Å². The Hall–Kier alpha value is -1.77. The lowest BCUT2D eigenvalue weighted by atomic mass is 10.00. The summed E-state index contributed by atoms with van der Waals surface area (Å²) >= 11 is 0. The van der Waals surface area contributed by atoms with Crippen LogP contribution >= 0.6 is 0 Å². The third-order valence-electron chi connectivity index (χ3n) is 2.42. The van der Waals surface area contributed by atoms with E-state index in [0.717, 1.165) is 11.3 Å². The van der Waals surface area contributed by atoms with E-state index in [-0.39, 0.29) is 5.97 Å². The molecular formula is C13H14O3. The minimum absolute atomic E-state index is 0.331. The minimum Gasteiger partial charge on any atom is -0.479 e. The number of carbonyl (C=O) groups is 1. The zero-order valence-corrected chi connectivity index (χ0v) is 9.61. The number of esters is 1. The summed E-state index contributed by atoms with van der Waals surface area (Å²) in [5.74, 6) is 1.02. The van der Waals surface area contributed by atoms with Gasteiger partial charge in [-0.3, -0.25) is 4.79 Å². The van der Waals surface area contributed by atoms with Crippen molar-refractivity contribution < 1.29 is 14.3 Å². The van der Waals surface area contributed by atoms with Crippen molar-refractivity contribution in [3.05, 3.63) is 35.6 Å². The fraction of sp³-hybridized carbons (Fsp3) is 0.308. The topological polar surface area (TPSA) is 35.5 Å². The van der Waals surface area contributed by atoms with Crippen LogP contribution in [0, 0.1) is 0 Å². The fourth-order valence-electron chi connectivity index (χ4n) is 1.64. The molecule has 1 aromatic rings. The lowest BCUT2D eigenvalue weighted by Crippen LogP contribution is -2.35. The maximum Gasteiger partial charge on any atom is 0.307 e. The molecule has 0 saturated heterocycles. The van der Waals surface area contributed by atoms with Crippen LogP contribution in [0.4, 0.5) is 0 Å². The van der Waals surface area contributed by atoms with Gasteiger partial charge in [-0.25, -0.2) is 0 Å². The monoisotopic (exact) mass is 218 g/mol. The molecule has 0 fully saturated rings. The molecule has 16 heavy (non-hydrogen) atoms. The maximum atomic E-state index is 11.0. The first-order chi connectivity index (χ1) is 7.49. The van der Waals surface area contributed by atoms with E-state index >= 15 is 0 Å². The number of fused-ring (bicyclic) bond motifs is 1. The van der Waals surface area contributed by atoms with Crippen LogP contribution in [0.1, 0.15) is 26.3 Å². The zero-order valence-electron chi connectivity index (χ0n) is 9.61. The van der Waals surface area contributed by atoms with Gasteiger partial charge in [0.15, 0.2) is 11.4 Å². The Morgan fingerprint density at radius 3 is 2.69 bits per heavy atom. The van der Waals surface area contributed by atoms with Crippen molar-refractivity contribution >= 4 is 12.0 Å². The van der Waals surface area contributed by atoms with Crippen LogP contribution in [0.2, 0.25) is 0 Å². The van der Waals surface area contributed by atoms with E-state index in [9.17, 15) is 4.79 Å². The second kappa shape index (κ2) is 3.67. The molecule has 2 rings (SSSR count). The van der Waals surface area contributed by atoms with E-state index in [1.165, 1.54) is 6.92 Å². The van der Waals surface area contributed by atoms with Crippen LogP contribution in [-0.4, -0.2) is 11.6 Å². The number of carbonyl (C=O) groups excluding carboxylic acids is 1. The van der Waals surface area contributed by atoms with Crippen LogP contribution in [0.15, 0.2) is 30.0 Å². The molecule has 0 N–H and O–H groups in total. The Balaban J connectivity index is 2.43. The molecule has 0 radical (unpaired) electrons. The number of hydrogen-bond donors (Lipinski definition) is 0. The molecule has 3 heteroatoms. The van der Waals surface area contributed by atoms with Gasteiger partial charge in [0.1, 0.15) is 5.75 Å². The number of benzene rings is 1. The van der Waals surface area contributed by atoms with Crippen molar-refractivity contribution in [2.24, 2.45) is 0 Å². The van der Waals surface area contributed by atoms with Crippen LogP contribution in [-0.2, 0) is 9.53 Å². The number of hydrogen-bond acceptors (Lipinski definition) is 3. The third kappa shape index (κ3) is 1.94. The molecule has 0 aliphatic carbocycles. The van der Waals surface area contributed by atoms with Crippen LogP contribution in [0.5, 0.6) is 5.75 Å². The summed E-state index contributed by atoms with van der Waals surface area (Å²) in [5, 5.41) is 0. The van der Waals surface area contributed by atoms with Crippen LogP contribution < -0.4 is 4.74 Å². The molecule has 0 bridgehead atoms. The summed E-state index contributed by atoms with van der Waals surface area (Å²) in [6, 6.07) is 7.66. The van der Waals surface area contributed by atoms with Crippen molar-refractivity contribution in [1.82, 2.24) is 0 Å². The highest BCUT2D eigenvalue weighted by Crippen LogP contribution is 2.35. The molecule has 3 nitrogen and oxygen atoms in total. The highest BCUT2D eigenvalue weighted by Gasteiger charge is 2.32. The standard InChI is InChI=1S/C13H14O3/c1-9(14)15-12-8-10-6-4-5-7-11(10)16-13(12,2)3/h4-8H,1-3H3. The molecule has 0 unspecified atom stereocenters. The van der Waals surface area contributed by atoms with E-state index in [2.05, 4.69) is 0 Å². The summed E-state index contributed by atoms with van der Waals surface area (Å²) in [7, 11) is 0. The Morgan fingerprint density at radius 2 is 2.00 bits per heavy atom. The van der Waals surface area contributed by atoms with Gasteiger partial charge in [0, 0.05) is 12.5 Å². The molecule has 1 aliphatic heterocycles. The molecule has 0 saturated carbocycles. The summed E-state index contributed by atoms with van der Waals surface area (Å²) in [4.78, 5) is 11.0. The first-order valence-electron chi connectivity index (χ1n) is 5.18. The smallest absolute Gasteiger partial charge is 0.307 e. The second-order valence-electron chi connectivity index (χ2n) is 4.25. The molecule has 84 valence electrons. The lowest BCUT2D eigenvalue weighted by Gasteiger charge is -2.32. The van der Waals surface area contributed by atoms with Gasteiger partial charge in [-0.15, -0.1) is 0 Å². The number of rotatable bonds is 1. The van der Waals surface area contributed by atoms with Crippen LogP contribution in [0.3, 0.4) is 0 Å². The summed E-state index contributed by atoms with van der Waals surface area (Å²) in [6.45, 7) is 5.13. The second-order valence-corrected chi connectivity index (χ2v) is 4.25. The van der Waals surface area contributed by atoms with E-state index in [4.69, 9.17) is 9.47 Å². The van der Waals surface area contributed by atoms with Gasteiger partial charge in [-0.2, -0.15) is 0 Å². The highest BCUT2D eigenvalue weighted by molar-refractivity contribution is 5.71. The Bertz CT molecular complexity index is 458. The van der Waals surface area contributed by atoms with E-state index in [0.29, 0.717) is 5.76 Å². The van der Waals surface area contributed by atoms with Crippen molar-refractivity contribution in [3.63, 3.8) is 0 Å². The summed E-state index contributed by atoms with van der Waals surface area (Å²) in [5.41, 5.74) is 0.318. The van der Waals surface area contributed by atoms with Crippen molar-refractivity contribution in [2.75, 3.05) is 0 Å². The van der Waals surface area contributed by atoms with Gasteiger partial charge in [0.2, 0.25) is 0 Å². The average Bonchev–Trinajstić information content (AvgIpc) is 2.17. The molecule has 1 heterocycles. The largest absolute Gasteiger partial charge is 0.479 e. The van der Waals surface area contributed by atoms with Gasteiger partial charge >= 0.3 is 5.97 Å². The Labute approximate surface area is 94.7 Å². The van der Waals surface area contributed by atoms with Gasteiger partial charge in [-0.1, -0.05) is 18.2 Å². The SMILES string of the molecule is CC(=O)OC1=Cc2ccccc2OC1(C)C. The van der Waals surface area contributed by atoms with Crippen LogP contribution in [0.25, 0.3) is 6.08 Å². The fourth-order valence-corrected chi connectivity index (χ4v) is 1.64. The van der Waals surface area contributed by atoms with E-state index in [1.54, 1.807) is 0 Å². The minimum atomic E-state index is -0.611. The predicted molar refractivity (Wildman–Crippen MR) is 60.9 cm³/mol. The van der Waals surface area contributed by atoms with Gasteiger partial charge in [0.25, 0.3) is 0 Å². The quantitative estimate of drug-likeness (QED) is 0.680. The Morgan fingerprint density at radius 1 is 1.31 bits per heavy atom. The lowest BCUT2D eigenvalue weighted by molar-refractivity contribution is -0.139. The third-order valence-corrected chi connectivity index (χ3v) is 2.42. The van der Waals surface area contributed by atoms with E-state index < -0.39 is 5.60 Å². The first kappa shape index (κ1) is 10.7. The van der Waals surface area contributed by atoms with Gasteiger partial charge in [-0.05, 0) is 26.0 Å². The van der Waals surface area contributed by atoms with Gasteiger partial charge in [0.05, 0.1) is 0 Å². The molecule has 0 spiro atoms. The Kier molecular flexibility index (Phi) is 2.46. The number of ether oxygens (including phenoxy) is 2. The average molecular weight is 218 g/mol. The van der Waals surface area contributed by atoms with E-state index in [1.807, 2.05) is 44.2 Å². The molecular weight excluding hydrogens is 204 g/mol. The van der Waals surface area contributed by atoms with Crippen molar-refractivity contribution in [2.45, 2.75) is 26.4 Å². The number of para-hydroxylation sites is 1. The predicted octanol–water partition coefficient (Wildman–Crippen LogP) is 2.76. The molecule has 0 atom stereocenters. The summed E-state index contributed by atoms with van der Waals surface area (Å²) in [6.07, 6.45) is 1.85. The first-order valence-corrected chi connectivity index (χ1v) is 5.18.